The minimum absolute atomic E-state index is 0.0450. The standard InChI is InChI=1S/C14H21N3O2/c1-11-4-5-13(19-3)12(10-11)15-14(18)17-8-6-16(2)7-9-17/h4-5,10H,6-9H2,1-3H3,(H,15,18)/p+1. The van der Waals surface area contributed by atoms with E-state index in [1.54, 1.807) is 7.11 Å². The molecule has 5 nitrogen and oxygen atoms in total. The van der Waals surface area contributed by atoms with Gasteiger partial charge in [-0.15, -0.1) is 0 Å². The van der Waals surface area contributed by atoms with Crippen LogP contribution in [0.1, 0.15) is 5.56 Å². The van der Waals surface area contributed by atoms with E-state index in [2.05, 4.69) is 12.4 Å². The van der Waals surface area contributed by atoms with Crippen LogP contribution in [0.25, 0.3) is 0 Å². The predicted octanol–water partition coefficient (Wildman–Crippen LogP) is 0.366. The lowest BCUT2D eigenvalue weighted by molar-refractivity contribution is -0.883. The molecule has 0 aromatic heterocycles. The van der Waals surface area contributed by atoms with Crippen molar-refractivity contribution >= 4 is 11.7 Å². The van der Waals surface area contributed by atoms with Gasteiger partial charge in [0.15, 0.2) is 0 Å². The molecule has 1 aromatic carbocycles. The fraction of sp³-hybridized carbons (Fsp3) is 0.500. The van der Waals surface area contributed by atoms with Crippen molar-refractivity contribution in [1.29, 1.82) is 0 Å². The minimum atomic E-state index is -0.0450. The fourth-order valence-electron chi connectivity index (χ4n) is 2.21. The second kappa shape index (κ2) is 5.93. The quantitative estimate of drug-likeness (QED) is 0.810. The third-order valence-corrected chi connectivity index (χ3v) is 3.50. The molecule has 5 heteroatoms. The number of amides is 2. The first-order valence-corrected chi connectivity index (χ1v) is 6.62. The second-order valence-electron chi connectivity index (χ2n) is 5.08. The molecule has 19 heavy (non-hydrogen) atoms. The lowest BCUT2D eigenvalue weighted by Gasteiger charge is -2.30. The number of nitrogens with zero attached hydrogens (tertiary/aromatic N) is 1. The number of piperazine rings is 1. The number of aryl methyl sites for hydroxylation is 1. The highest BCUT2D eigenvalue weighted by atomic mass is 16.5. The minimum Gasteiger partial charge on any atom is -0.495 e. The van der Waals surface area contributed by atoms with Crippen molar-refractivity contribution in [2.24, 2.45) is 0 Å². The largest absolute Gasteiger partial charge is 0.495 e. The Morgan fingerprint density at radius 2 is 2.05 bits per heavy atom. The van der Waals surface area contributed by atoms with E-state index in [0.29, 0.717) is 5.75 Å². The number of anilines is 1. The molecule has 1 fully saturated rings. The Bertz CT molecular complexity index is 454. The molecule has 0 spiro atoms. The molecule has 1 aromatic rings. The lowest BCUT2D eigenvalue weighted by atomic mass is 10.2. The van der Waals surface area contributed by atoms with Gasteiger partial charge in [0.1, 0.15) is 5.75 Å². The van der Waals surface area contributed by atoms with Gasteiger partial charge in [0.2, 0.25) is 0 Å². The molecule has 0 atom stereocenters. The van der Waals surface area contributed by atoms with Gasteiger partial charge < -0.3 is 19.9 Å². The number of carbonyl (C=O) groups is 1. The van der Waals surface area contributed by atoms with E-state index in [9.17, 15) is 4.79 Å². The zero-order chi connectivity index (χ0) is 13.8. The highest BCUT2D eigenvalue weighted by Gasteiger charge is 2.21. The summed E-state index contributed by atoms with van der Waals surface area (Å²) in [6.45, 7) is 5.59. The monoisotopic (exact) mass is 264 g/mol. The molecule has 104 valence electrons. The van der Waals surface area contributed by atoms with E-state index in [4.69, 9.17) is 4.74 Å². The normalized spacial score (nSPS) is 16.3. The van der Waals surface area contributed by atoms with Gasteiger partial charge in [-0.3, -0.25) is 0 Å². The molecule has 0 bridgehead atoms. The topological polar surface area (TPSA) is 46.0 Å². The van der Waals surface area contributed by atoms with Gasteiger partial charge in [-0.05, 0) is 24.6 Å². The van der Waals surface area contributed by atoms with Crippen LogP contribution in [0.2, 0.25) is 0 Å². The van der Waals surface area contributed by atoms with Crippen LogP contribution in [0, 0.1) is 6.92 Å². The van der Waals surface area contributed by atoms with Gasteiger partial charge in [-0.1, -0.05) is 6.07 Å². The molecule has 1 aliphatic heterocycles. The molecule has 2 N–H and O–H groups in total. The number of hydrogen-bond donors (Lipinski definition) is 2. The number of rotatable bonds is 2. The molecular weight excluding hydrogens is 242 g/mol. The Morgan fingerprint density at radius 1 is 1.37 bits per heavy atom. The first-order chi connectivity index (χ1) is 9.10. The average Bonchev–Trinajstić information content (AvgIpc) is 2.39. The summed E-state index contributed by atoms with van der Waals surface area (Å²) in [5, 5.41) is 2.94. The fourth-order valence-corrected chi connectivity index (χ4v) is 2.21. The van der Waals surface area contributed by atoms with E-state index in [1.165, 1.54) is 4.90 Å². The summed E-state index contributed by atoms with van der Waals surface area (Å²) in [5.41, 5.74) is 1.83. The zero-order valence-corrected chi connectivity index (χ0v) is 11.8. The molecule has 1 heterocycles. The van der Waals surface area contributed by atoms with Crippen molar-refractivity contribution < 1.29 is 14.4 Å². The molecule has 1 saturated heterocycles. The Kier molecular flexibility index (Phi) is 4.27. The Hall–Kier alpha value is -1.75. The molecule has 0 saturated carbocycles. The number of methoxy groups -OCH3 is 1. The van der Waals surface area contributed by atoms with Gasteiger partial charge in [0.25, 0.3) is 0 Å². The lowest BCUT2D eigenvalue weighted by Crippen LogP contribution is -3.12. The van der Waals surface area contributed by atoms with Gasteiger partial charge in [0.05, 0.1) is 46.0 Å². The third kappa shape index (κ3) is 3.38. The molecule has 2 rings (SSSR count). The average molecular weight is 264 g/mol. The number of carbonyl (C=O) groups excluding carboxylic acids is 1. The number of benzene rings is 1. The van der Waals surface area contributed by atoms with E-state index in [1.807, 2.05) is 30.0 Å². The third-order valence-electron chi connectivity index (χ3n) is 3.50. The highest BCUT2D eigenvalue weighted by molar-refractivity contribution is 5.91. The highest BCUT2D eigenvalue weighted by Crippen LogP contribution is 2.25. The predicted molar refractivity (Wildman–Crippen MR) is 74.9 cm³/mol. The van der Waals surface area contributed by atoms with Crippen molar-refractivity contribution in [2.45, 2.75) is 6.92 Å². The summed E-state index contributed by atoms with van der Waals surface area (Å²) in [7, 11) is 3.76. The number of ether oxygens (including phenoxy) is 1. The molecule has 0 unspecified atom stereocenters. The SMILES string of the molecule is COc1ccc(C)cc1NC(=O)N1CC[NH+](C)CC1. The van der Waals surface area contributed by atoms with E-state index >= 15 is 0 Å². The van der Waals surface area contributed by atoms with E-state index < -0.39 is 0 Å². The Morgan fingerprint density at radius 3 is 2.68 bits per heavy atom. The van der Waals surface area contributed by atoms with Crippen LogP contribution in [0.15, 0.2) is 18.2 Å². The van der Waals surface area contributed by atoms with Crippen molar-refractivity contribution in [3.8, 4) is 5.75 Å². The number of nitrogens with one attached hydrogen (secondary N) is 2. The number of urea groups is 1. The first-order valence-electron chi connectivity index (χ1n) is 6.62. The number of likely N-dealkylation sites (N-methyl/N-ethyl adjacent to an activating group) is 1. The van der Waals surface area contributed by atoms with E-state index in [0.717, 1.165) is 37.4 Å². The maximum atomic E-state index is 12.2. The summed E-state index contributed by atoms with van der Waals surface area (Å²) in [6.07, 6.45) is 0. The van der Waals surface area contributed by atoms with Crippen molar-refractivity contribution in [1.82, 2.24) is 4.90 Å². The number of quaternary nitrogens is 1. The van der Waals surface area contributed by atoms with Crippen molar-refractivity contribution in [3.05, 3.63) is 23.8 Å². The van der Waals surface area contributed by atoms with Gasteiger partial charge >= 0.3 is 6.03 Å². The first kappa shape index (κ1) is 13.7. The van der Waals surface area contributed by atoms with Crippen LogP contribution >= 0.6 is 0 Å². The van der Waals surface area contributed by atoms with Crippen LogP contribution < -0.4 is 15.0 Å². The summed E-state index contributed by atoms with van der Waals surface area (Å²) < 4.78 is 5.27. The maximum Gasteiger partial charge on any atom is 0.322 e. The molecule has 0 radical (unpaired) electrons. The molecule has 0 aliphatic carbocycles. The van der Waals surface area contributed by atoms with Crippen molar-refractivity contribution in [2.75, 3.05) is 45.7 Å². The summed E-state index contributed by atoms with van der Waals surface area (Å²) in [4.78, 5) is 15.5. The Balaban J connectivity index is 2.04. The van der Waals surface area contributed by atoms with Gasteiger partial charge in [0, 0.05) is 0 Å². The van der Waals surface area contributed by atoms with Crippen LogP contribution in [0.4, 0.5) is 10.5 Å². The molecular formula is C14H22N3O2+. The van der Waals surface area contributed by atoms with Crippen LogP contribution in [0.3, 0.4) is 0 Å². The Labute approximate surface area is 114 Å². The van der Waals surface area contributed by atoms with Crippen LogP contribution in [-0.4, -0.2) is 51.3 Å². The van der Waals surface area contributed by atoms with Gasteiger partial charge in [-0.25, -0.2) is 4.79 Å². The summed E-state index contributed by atoms with van der Waals surface area (Å²) >= 11 is 0. The van der Waals surface area contributed by atoms with Gasteiger partial charge in [-0.2, -0.15) is 0 Å². The molecule has 2 amide bonds. The maximum absolute atomic E-state index is 12.2. The zero-order valence-electron chi connectivity index (χ0n) is 11.8. The number of hydrogen-bond acceptors (Lipinski definition) is 2. The molecule has 1 aliphatic rings. The van der Waals surface area contributed by atoms with Crippen molar-refractivity contribution in [3.63, 3.8) is 0 Å². The van der Waals surface area contributed by atoms with Crippen LogP contribution in [-0.2, 0) is 0 Å². The summed E-state index contributed by atoms with van der Waals surface area (Å²) in [6, 6.07) is 5.72. The summed E-state index contributed by atoms with van der Waals surface area (Å²) in [5.74, 6) is 0.693. The van der Waals surface area contributed by atoms with Crippen LogP contribution in [0.5, 0.6) is 5.75 Å². The second-order valence-corrected chi connectivity index (χ2v) is 5.08. The van der Waals surface area contributed by atoms with E-state index in [-0.39, 0.29) is 6.03 Å². The smallest absolute Gasteiger partial charge is 0.322 e.